The molecule has 0 aromatic carbocycles. The molecule has 0 unspecified atom stereocenters. The van der Waals surface area contributed by atoms with Gasteiger partial charge >= 0.3 is 0 Å². The molecule has 0 spiro atoms. The van der Waals surface area contributed by atoms with Crippen LogP contribution in [0.4, 0.5) is 0 Å². The molecule has 1 aliphatic heterocycles. The van der Waals surface area contributed by atoms with Crippen LogP contribution in [0.3, 0.4) is 0 Å². The normalized spacial score (nSPS) is 18.6. The Labute approximate surface area is 96.1 Å². The molecule has 0 aromatic rings. The molecule has 16 heavy (non-hydrogen) atoms. The molecule has 0 saturated carbocycles. The minimum Gasteiger partial charge on any atom is -0.369 e. The van der Waals surface area contributed by atoms with Crippen LogP contribution in [0, 0.1) is 11.3 Å². The second-order valence-corrected chi connectivity index (χ2v) is 5.06. The molecular weight excluding hydrogens is 206 g/mol. The highest BCUT2D eigenvalue weighted by atomic mass is 16.2. The second-order valence-electron chi connectivity index (χ2n) is 5.06. The van der Waals surface area contributed by atoms with Gasteiger partial charge < -0.3 is 16.4 Å². The van der Waals surface area contributed by atoms with Gasteiger partial charge in [0, 0.05) is 25.6 Å². The van der Waals surface area contributed by atoms with Gasteiger partial charge in [0.15, 0.2) is 0 Å². The molecule has 92 valence electrons. The second kappa shape index (κ2) is 4.82. The SMILES string of the molecule is CC(C)(CN)C(=O)N1CCC(C(N)=O)CC1. The summed E-state index contributed by atoms with van der Waals surface area (Å²) in [6, 6.07) is 0. The van der Waals surface area contributed by atoms with E-state index < -0.39 is 5.41 Å². The number of nitrogens with zero attached hydrogens (tertiary/aromatic N) is 1. The zero-order valence-corrected chi connectivity index (χ0v) is 10.0. The number of amides is 2. The smallest absolute Gasteiger partial charge is 0.229 e. The fraction of sp³-hybridized carbons (Fsp3) is 0.818. The van der Waals surface area contributed by atoms with Gasteiger partial charge in [-0.25, -0.2) is 0 Å². The van der Waals surface area contributed by atoms with E-state index in [-0.39, 0.29) is 17.7 Å². The molecule has 1 heterocycles. The van der Waals surface area contributed by atoms with E-state index in [1.54, 1.807) is 4.90 Å². The van der Waals surface area contributed by atoms with Crippen LogP contribution in [0.25, 0.3) is 0 Å². The highest BCUT2D eigenvalue weighted by molar-refractivity contribution is 5.83. The van der Waals surface area contributed by atoms with Gasteiger partial charge in [-0.1, -0.05) is 0 Å². The van der Waals surface area contributed by atoms with E-state index in [0.717, 1.165) is 0 Å². The van der Waals surface area contributed by atoms with Gasteiger partial charge in [-0.2, -0.15) is 0 Å². The number of hydrogen-bond acceptors (Lipinski definition) is 3. The van der Waals surface area contributed by atoms with Crippen molar-refractivity contribution in [3.05, 3.63) is 0 Å². The van der Waals surface area contributed by atoms with Gasteiger partial charge in [0.2, 0.25) is 11.8 Å². The van der Waals surface area contributed by atoms with Crippen molar-refractivity contribution in [2.24, 2.45) is 22.8 Å². The van der Waals surface area contributed by atoms with Crippen LogP contribution in [0.15, 0.2) is 0 Å². The number of nitrogens with two attached hydrogens (primary N) is 2. The molecule has 2 amide bonds. The number of carbonyl (C=O) groups excluding carboxylic acids is 2. The molecular formula is C11H21N3O2. The zero-order valence-electron chi connectivity index (χ0n) is 10.0. The first-order valence-electron chi connectivity index (χ1n) is 5.67. The number of likely N-dealkylation sites (tertiary alicyclic amines) is 1. The maximum atomic E-state index is 12.1. The Bertz CT molecular complexity index is 281. The van der Waals surface area contributed by atoms with Crippen LogP contribution < -0.4 is 11.5 Å². The predicted molar refractivity (Wildman–Crippen MR) is 61.3 cm³/mol. The molecule has 1 fully saturated rings. The van der Waals surface area contributed by atoms with Gasteiger partial charge in [-0.3, -0.25) is 9.59 Å². The number of piperidine rings is 1. The van der Waals surface area contributed by atoms with E-state index >= 15 is 0 Å². The lowest BCUT2D eigenvalue weighted by Gasteiger charge is -2.35. The number of hydrogen-bond donors (Lipinski definition) is 2. The van der Waals surface area contributed by atoms with Crippen molar-refractivity contribution in [1.29, 1.82) is 0 Å². The Balaban J connectivity index is 2.54. The topological polar surface area (TPSA) is 89.4 Å². The molecule has 0 aliphatic carbocycles. The minimum atomic E-state index is -0.514. The fourth-order valence-electron chi connectivity index (χ4n) is 1.88. The average molecular weight is 227 g/mol. The van der Waals surface area contributed by atoms with E-state index in [1.807, 2.05) is 13.8 Å². The van der Waals surface area contributed by atoms with Gasteiger partial charge in [0.1, 0.15) is 0 Å². The molecule has 0 atom stereocenters. The summed E-state index contributed by atoms with van der Waals surface area (Å²) in [5.41, 5.74) is 10.3. The lowest BCUT2D eigenvalue weighted by molar-refractivity contribution is -0.142. The van der Waals surface area contributed by atoms with Crippen LogP contribution in [0.2, 0.25) is 0 Å². The Morgan fingerprint density at radius 2 is 1.81 bits per heavy atom. The van der Waals surface area contributed by atoms with E-state index in [1.165, 1.54) is 0 Å². The molecule has 0 radical (unpaired) electrons. The summed E-state index contributed by atoms with van der Waals surface area (Å²) in [6.07, 6.45) is 1.34. The lowest BCUT2D eigenvalue weighted by Crippen LogP contribution is -2.49. The fourth-order valence-corrected chi connectivity index (χ4v) is 1.88. The van der Waals surface area contributed by atoms with Gasteiger partial charge in [0.05, 0.1) is 5.41 Å². The van der Waals surface area contributed by atoms with E-state index in [2.05, 4.69) is 0 Å². The minimum absolute atomic E-state index is 0.0675. The third-order valence-corrected chi connectivity index (χ3v) is 3.27. The maximum Gasteiger partial charge on any atom is 0.229 e. The Kier molecular flexibility index (Phi) is 3.91. The predicted octanol–water partition coefficient (Wildman–Crippen LogP) is -0.305. The highest BCUT2D eigenvalue weighted by Gasteiger charge is 2.33. The summed E-state index contributed by atoms with van der Waals surface area (Å²) < 4.78 is 0. The number of rotatable bonds is 3. The molecule has 0 bridgehead atoms. The standard InChI is InChI=1S/C11H21N3O2/c1-11(2,7-12)10(16)14-5-3-8(4-6-14)9(13)15/h8H,3-7,12H2,1-2H3,(H2,13,15). The van der Waals surface area contributed by atoms with Gasteiger partial charge in [-0.05, 0) is 26.7 Å². The number of carbonyl (C=O) groups is 2. The van der Waals surface area contributed by atoms with E-state index in [9.17, 15) is 9.59 Å². The summed E-state index contributed by atoms with van der Waals surface area (Å²) in [5.74, 6) is -0.270. The van der Waals surface area contributed by atoms with E-state index in [0.29, 0.717) is 32.5 Å². The van der Waals surface area contributed by atoms with Gasteiger partial charge in [0.25, 0.3) is 0 Å². The van der Waals surface area contributed by atoms with Crippen LogP contribution in [0.1, 0.15) is 26.7 Å². The summed E-state index contributed by atoms with van der Waals surface area (Å²) in [7, 11) is 0. The zero-order chi connectivity index (χ0) is 12.3. The first-order chi connectivity index (χ1) is 7.38. The summed E-state index contributed by atoms with van der Waals surface area (Å²) in [5, 5.41) is 0. The molecule has 5 heteroatoms. The van der Waals surface area contributed by atoms with Crippen LogP contribution in [0.5, 0.6) is 0 Å². The Hall–Kier alpha value is -1.10. The molecule has 1 aliphatic rings. The molecule has 5 nitrogen and oxygen atoms in total. The van der Waals surface area contributed by atoms with Crippen LogP contribution in [-0.4, -0.2) is 36.3 Å². The van der Waals surface area contributed by atoms with Crippen molar-refractivity contribution >= 4 is 11.8 Å². The average Bonchev–Trinajstić information content (AvgIpc) is 2.28. The first kappa shape index (κ1) is 13.0. The Morgan fingerprint density at radius 3 is 2.19 bits per heavy atom. The maximum absolute atomic E-state index is 12.1. The van der Waals surface area contributed by atoms with Crippen molar-refractivity contribution in [3.63, 3.8) is 0 Å². The molecule has 0 aromatic heterocycles. The molecule has 1 saturated heterocycles. The lowest BCUT2D eigenvalue weighted by atomic mass is 9.89. The van der Waals surface area contributed by atoms with Crippen molar-refractivity contribution in [2.75, 3.05) is 19.6 Å². The third-order valence-electron chi connectivity index (χ3n) is 3.27. The van der Waals surface area contributed by atoms with E-state index in [4.69, 9.17) is 11.5 Å². The van der Waals surface area contributed by atoms with Crippen LogP contribution >= 0.6 is 0 Å². The Morgan fingerprint density at radius 1 is 1.31 bits per heavy atom. The van der Waals surface area contributed by atoms with Crippen molar-refractivity contribution in [1.82, 2.24) is 4.90 Å². The van der Waals surface area contributed by atoms with Crippen molar-refractivity contribution < 1.29 is 9.59 Å². The number of primary amides is 1. The van der Waals surface area contributed by atoms with Gasteiger partial charge in [-0.15, -0.1) is 0 Å². The summed E-state index contributed by atoms with van der Waals surface area (Å²) in [4.78, 5) is 24.8. The summed E-state index contributed by atoms with van der Waals surface area (Å²) in [6.45, 7) is 5.23. The summed E-state index contributed by atoms with van der Waals surface area (Å²) >= 11 is 0. The quantitative estimate of drug-likeness (QED) is 0.693. The monoisotopic (exact) mass is 227 g/mol. The third kappa shape index (κ3) is 2.72. The molecule has 4 N–H and O–H groups in total. The van der Waals surface area contributed by atoms with Crippen molar-refractivity contribution in [3.8, 4) is 0 Å². The molecule has 1 rings (SSSR count). The first-order valence-corrected chi connectivity index (χ1v) is 5.67. The largest absolute Gasteiger partial charge is 0.369 e. The van der Waals surface area contributed by atoms with Crippen molar-refractivity contribution in [2.45, 2.75) is 26.7 Å². The highest BCUT2D eigenvalue weighted by Crippen LogP contribution is 2.23. The van der Waals surface area contributed by atoms with Crippen LogP contribution in [-0.2, 0) is 9.59 Å².